The molecule has 1 aromatic rings. The summed E-state index contributed by atoms with van der Waals surface area (Å²) in [5.74, 6) is 1.05. The lowest BCUT2D eigenvalue weighted by Crippen LogP contribution is -2.43. The van der Waals surface area contributed by atoms with Crippen molar-refractivity contribution in [2.24, 2.45) is 11.1 Å². The zero-order chi connectivity index (χ0) is 18.3. The Balaban J connectivity index is 1.42. The maximum Gasteiger partial charge on any atom is 0.418 e. The lowest BCUT2D eigenvalue weighted by Gasteiger charge is -2.34. The maximum atomic E-state index is 12.7. The van der Waals surface area contributed by atoms with Crippen LogP contribution in [0.1, 0.15) is 55.8 Å². The van der Waals surface area contributed by atoms with Crippen molar-refractivity contribution < 1.29 is 26.5 Å². The van der Waals surface area contributed by atoms with Crippen LogP contribution >= 0.6 is 0 Å². The Labute approximate surface area is 149 Å². The monoisotopic (exact) mass is 385 g/mol. The number of fused-ring (bicyclic) bond motifs is 3. The van der Waals surface area contributed by atoms with E-state index in [4.69, 9.17) is 14.7 Å². The van der Waals surface area contributed by atoms with E-state index in [-0.39, 0.29) is 17.4 Å². The largest absolute Gasteiger partial charge is 0.423 e. The second-order valence-electron chi connectivity index (χ2n) is 7.77. The first kappa shape index (κ1) is 16.4. The SMILES string of the molecule is N[C@H]1C[C@H](c2nnc(C3CC4(CC4)[C@H]4CN3C(=O)N4OS(=O)(=O)O)o2)C1. The molecule has 2 amide bonds. The van der Waals surface area contributed by atoms with Gasteiger partial charge in [0.25, 0.3) is 0 Å². The first-order valence-corrected chi connectivity index (χ1v) is 9.98. The Hall–Kier alpha value is -1.76. The topological polar surface area (TPSA) is 152 Å². The van der Waals surface area contributed by atoms with Gasteiger partial charge in [0.15, 0.2) is 0 Å². The van der Waals surface area contributed by atoms with E-state index >= 15 is 0 Å². The smallest absolute Gasteiger partial charge is 0.418 e. The second-order valence-corrected chi connectivity index (χ2v) is 8.77. The molecule has 2 aliphatic carbocycles. The Bertz CT molecular complexity index is 861. The Morgan fingerprint density at radius 2 is 1.96 bits per heavy atom. The molecule has 4 aliphatic rings. The van der Waals surface area contributed by atoms with Gasteiger partial charge in [0.2, 0.25) is 11.8 Å². The standard InChI is InChI=1S/C14H19N5O6S/c15-8-3-7(4-8)11-16-17-12(24-11)9-5-14(1-2-14)10-6-18(9)13(20)19(10)25-26(21,22)23/h7-10H,1-6,15H2,(H,21,22,23)/t7-,8-,9?,10-/m1/s1. The van der Waals surface area contributed by atoms with Crippen molar-refractivity contribution in [1.29, 1.82) is 0 Å². The van der Waals surface area contributed by atoms with Crippen molar-refractivity contribution in [2.75, 3.05) is 6.54 Å². The van der Waals surface area contributed by atoms with E-state index in [0.717, 1.165) is 30.7 Å². The minimum atomic E-state index is -4.78. The number of hydrogen-bond acceptors (Lipinski definition) is 8. The van der Waals surface area contributed by atoms with Gasteiger partial charge in [0.05, 0.1) is 6.04 Å². The number of piperidine rings is 1. The van der Waals surface area contributed by atoms with Crippen LogP contribution in [0.5, 0.6) is 0 Å². The summed E-state index contributed by atoms with van der Waals surface area (Å²) in [6.07, 6.45) is 3.90. The van der Waals surface area contributed by atoms with Crippen molar-refractivity contribution in [3.05, 3.63) is 11.8 Å². The Morgan fingerprint density at radius 1 is 1.27 bits per heavy atom. The van der Waals surface area contributed by atoms with Crippen LogP contribution in [0.2, 0.25) is 0 Å². The van der Waals surface area contributed by atoms with E-state index in [2.05, 4.69) is 14.5 Å². The van der Waals surface area contributed by atoms with Gasteiger partial charge in [-0.3, -0.25) is 4.55 Å². The quantitative estimate of drug-likeness (QED) is 0.699. The number of hydrogen-bond donors (Lipinski definition) is 2. The highest BCUT2D eigenvalue weighted by molar-refractivity contribution is 7.80. The number of nitrogens with two attached hydrogens (primary N) is 1. The van der Waals surface area contributed by atoms with E-state index in [1.807, 2.05) is 0 Å². The summed E-state index contributed by atoms with van der Waals surface area (Å²) in [7, 11) is -4.78. The molecule has 1 unspecified atom stereocenters. The van der Waals surface area contributed by atoms with Crippen LogP contribution in [0.4, 0.5) is 4.79 Å². The molecule has 2 atom stereocenters. The summed E-state index contributed by atoms with van der Waals surface area (Å²) in [5.41, 5.74) is 5.56. The normalized spacial score (nSPS) is 35.1. The number of nitrogens with zero attached hydrogens (tertiary/aromatic N) is 4. The molecule has 1 aromatic heterocycles. The predicted molar refractivity (Wildman–Crippen MR) is 83.6 cm³/mol. The van der Waals surface area contributed by atoms with Crippen LogP contribution in [0.25, 0.3) is 0 Å². The molecular formula is C14H19N5O6S. The average Bonchev–Trinajstić information content (AvgIpc) is 3.02. The van der Waals surface area contributed by atoms with Gasteiger partial charge in [-0.05, 0) is 37.5 Å². The molecule has 12 heteroatoms. The lowest BCUT2D eigenvalue weighted by atomic mass is 9.81. The first-order chi connectivity index (χ1) is 12.3. The molecule has 0 radical (unpaired) electrons. The van der Waals surface area contributed by atoms with Gasteiger partial charge in [-0.2, -0.15) is 13.5 Å². The van der Waals surface area contributed by atoms with Gasteiger partial charge >= 0.3 is 16.4 Å². The fourth-order valence-corrected chi connectivity index (χ4v) is 4.82. The molecule has 142 valence electrons. The molecule has 3 N–H and O–H groups in total. The van der Waals surface area contributed by atoms with E-state index < -0.39 is 28.5 Å². The van der Waals surface area contributed by atoms with Crippen molar-refractivity contribution in [3.8, 4) is 0 Å². The third-order valence-corrected chi connectivity index (χ3v) is 6.45. The Morgan fingerprint density at radius 3 is 2.58 bits per heavy atom. The van der Waals surface area contributed by atoms with E-state index in [1.54, 1.807) is 0 Å². The minimum absolute atomic E-state index is 0.158. The average molecular weight is 385 g/mol. The fourth-order valence-electron chi connectivity index (χ4n) is 4.45. The molecular weight excluding hydrogens is 366 g/mol. The first-order valence-electron chi connectivity index (χ1n) is 8.61. The third-order valence-electron chi connectivity index (χ3n) is 6.10. The molecule has 2 bridgehead atoms. The van der Waals surface area contributed by atoms with Crippen molar-refractivity contribution in [3.63, 3.8) is 0 Å². The summed E-state index contributed by atoms with van der Waals surface area (Å²) in [6, 6.07) is -1.30. The zero-order valence-corrected chi connectivity index (χ0v) is 14.6. The third kappa shape index (κ3) is 2.43. The number of rotatable bonds is 4. The van der Waals surface area contributed by atoms with E-state index in [0.29, 0.717) is 24.7 Å². The molecule has 2 saturated carbocycles. The van der Waals surface area contributed by atoms with Gasteiger partial charge in [-0.1, -0.05) is 0 Å². The van der Waals surface area contributed by atoms with Gasteiger partial charge in [0.1, 0.15) is 6.04 Å². The lowest BCUT2D eigenvalue weighted by molar-refractivity contribution is -0.0530. The van der Waals surface area contributed by atoms with Gasteiger partial charge in [-0.25, -0.2) is 4.79 Å². The summed E-state index contributed by atoms with van der Waals surface area (Å²) < 4.78 is 41.6. The van der Waals surface area contributed by atoms with Gasteiger partial charge in [-0.15, -0.1) is 14.5 Å². The second kappa shape index (κ2) is 5.15. The van der Waals surface area contributed by atoms with E-state index in [1.165, 1.54) is 4.90 Å². The molecule has 1 spiro atoms. The van der Waals surface area contributed by atoms with Crippen molar-refractivity contribution in [1.82, 2.24) is 20.2 Å². The van der Waals surface area contributed by atoms with Crippen LogP contribution < -0.4 is 5.73 Å². The number of aromatic nitrogens is 2. The minimum Gasteiger partial charge on any atom is -0.423 e. The predicted octanol–water partition coefficient (Wildman–Crippen LogP) is 0.340. The van der Waals surface area contributed by atoms with Crippen LogP contribution in [-0.2, 0) is 14.7 Å². The van der Waals surface area contributed by atoms with Crippen molar-refractivity contribution in [2.45, 2.75) is 56.1 Å². The summed E-state index contributed by atoms with van der Waals surface area (Å²) in [4.78, 5) is 14.1. The van der Waals surface area contributed by atoms with Gasteiger partial charge < -0.3 is 15.1 Å². The van der Waals surface area contributed by atoms with Crippen LogP contribution in [0.3, 0.4) is 0 Å². The molecule has 11 nitrogen and oxygen atoms in total. The summed E-state index contributed by atoms with van der Waals surface area (Å²) >= 11 is 0. The summed E-state index contributed by atoms with van der Waals surface area (Å²) in [5, 5.41) is 9.03. The van der Waals surface area contributed by atoms with Crippen LogP contribution in [0, 0.1) is 5.41 Å². The zero-order valence-electron chi connectivity index (χ0n) is 13.8. The van der Waals surface area contributed by atoms with Crippen LogP contribution in [-0.4, -0.2) is 57.8 Å². The van der Waals surface area contributed by atoms with E-state index in [9.17, 15) is 13.2 Å². The molecule has 2 aliphatic heterocycles. The van der Waals surface area contributed by atoms with Gasteiger partial charge in [0, 0.05) is 18.5 Å². The molecule has 5 rings (SSSR count). The maximum absolute atomic E-state index is 12.7. The Kier molecular flexibility index (Phi) is 3.25. The molecule has 2 saturated heterocycles. The molecule has 4 fully saturated rings. The number of carbonyl (C=O) groups is 1. The molecule has 26 heavy (non-hydrogen) atoms. The summed E-state index contributed by atoms with van der Waals surface area (Å²) in [6.45, 7) is 0.297. The van der Waals surface area contributed by atoms with Crippen LogP contribution in [0.15, 0.2) is 4.42 Å². The molecule has 0 aromatic carbocycles. The number of urea groups is 1. The number of amides is 2. The number of hydroxylamine groups is 2. The highest BCUT2D eigenvalue weighted by atomic mass is 32.3. The number of carbonyl (C=O) groups excluding carboxylic acids is 1. The highest BCUT2D eigenvalue weighted by Gasteiger charge is 2.65. The molecule has 3 heterocycles. The van der Waals surface area contributed by atoms with Crippen molar-refractivity contribution >= 4 is 16.4 Å². The highest BCUT2D eigenvalue weighted by Crippen LogP contribution is 2.61. The fraction of sp³-hybridized carbons (Fsp3) is 0.786.